The Morgan fingerprint density at radius 2 is 2.00 bits per heavy atom. The van der Waals surface area contributed by atoms with Gasteiger partial charge in [-0.1, -0.05) is 11.9 Å². The van der Waals surface area contributed by atoms with Crippen molar-refractivity contribution in [3.8, 4) is 5.75 Å². The second kappa shape index (κ2) is 6.93. The lowest BCUT2D eigenvalue weighted by Gasteiger charge is -2.32. The van der Waals surface area contributed by atoms with Gasteiger partial charge in [0, 0.05) is 48.2 Å². The van der Waals surface area contributed by atoms with Crippen molar-refractivity contribution in [2.24, 2.45) is 4.99 Å². The highest BCUT2D eigenvalue weighted by Crippen LogP contribution is 2.39. The van der Waals surface area contributed by atoms with E-state index in [2.05, 4.69) is 33.4 Å². The number of ether oxygens (including phenoxy) is 2. The van der Waals surface area contributed by atoms with Crippen molar-refractivity contribution in [3.05, 3.63) is 28.8 Å². The molecule has 0 amide bonds. The Morgan fingerprint density at radius 1 is 1.12 bits per heavy atom. The molecule has 3 fully saturated rings. The van der Waals surface area contributed by atoms with Crippen LogP contribution in [-0.4, -0.2) is 48.2 Å². The predicted molar refractivity (Wildman–Crippen MR) is 102 cm³/mol. The summed E-state index contributed by atoms with van der Waals surface area (Å²) in [6.45, 7) is 4.79. The van der Waals surface area contributed by atoms with Crippen LogP contribution >= 0.6 is 11.9 Å². The third-order valence-corrected chi connectivity index (χ3v) is 7.10. The van der Waals surface area contributed by atoms with E-state index in [1.807, 2.05) is 6.21 Å². The highest BCUT2D eigenvalue weighted by atomic mass is 32.2. The molecule has 0 N–H and O–H groups in total. The second-order valence-corrected chi connectivity index (χ2v) is 9.06. The summed E-state index contributed by atoms with van der Waals surface area (Å²) in [5.41, 5.74) is 3.89. The number of nitrogens with zero attached hydrogens (tertiary/aromatic N) is 2. The monoisotopic (exact) mass is 358 g/mol. The largest absolute Gasteiger partial charge is 0.490 e. The van der Waals surface area contributed by atoms with E-state index >= 15 is 0 Å². The third kappa shape index (κ3) is 3.60. The molecule has 1 saturated carbocycles. The van der Waals surface area contributed by atoms with Crippen molar-refractivity contribution in [1.82, 2.24) is 4.31 Å². The van der Waals surface area contributed by atoms with Crippen molar-refractivity contribution < 1.29 is 9.47 Å². The Kier molecular flexibility index (Phi) is 4.48. The maximum atomic E-state index is 6.51. The van der Waals surface area contributed by atoms with E-state index < -0.39 is 0 Å². The number of rotatable bonds is 5. The molecule has 134 valence electrons. The molecule has 5 rings (SSSR count). The maximum absolute atomic E-state index is 6.51. The molecule has 0 aromatic heterocycles. The highest BCUT2D eigenvalue weighted by Gasteiger charge is 2.29. The van der Waals surface area contributed by atoms with E-state index in [1.54, 1.807) is 0 Å². The Hall–Kier alpha value is -1.04. The first-order valence-electron chi connectivity index (χ1n) is 9.68. The zero-order valence-electron chi connectivity index (χ0n) is 14.7. The molecular formula is C20H26N2O2S. The van der Waals surface area contributed by atoms with Gasteiger partial charge in [0.25, 0.3) is 0 Å². The van der Waals surface area contributed by atoms with Gasteiger partial charge in [-0.05, 0) is 49.8 Å². The molecule has 4 aliphatic rings. The van der Waals surface area contributed by atoms with Crippen LogP contribution in [0.2, 0.25) is 0 Å². The smallest absolute Gasteiger partial charge is 0.125 e. The molecule has 1 aromatic carbocycles. The Morgan fingerprint density at radius 3 is 2.76 bits per heavy atom. The van der Waals surface area contributed by atoms with E-state index in [1.165, 1.54) is 29.5 Å². The van der Waals surface area contributed by atoms with Gasteiger partial charge in [-0.2, -0.15) is 0 Å². The van der Waals surface area contributed by atoms with Crippen LogP contribution in [0.1, 0.15) is 54.7 Å². The molecule has 1 aliphatic carbocycles. The predicted octanol–water partition coefficient (Wildman–Crippen LogP) is 3.78. The number of benzene rings is 1. The first kappa shape index (κ1) is 16.2. The molecular weight excluding hydrogens is 332 g/mol. The summed E-state index contributed by atoms with van der Waals surface area (Å²) in [6, 6.07) is 4.57. The molecule has 0 bridgehead atoms. The topological polar surface area (TPSA) is 34.1 Å². The van der Waals surface area contributed by atoms with Crippen molar-refractivity contribution in [2.45, 2.75) is 55.9 Å². The van der Waals surface area contributed by atoms with Gasteiger partial charge < -0.3 is 9.47 Å². The molecule has 0 radical (unpaired) electrons. The normalized spacial score (nSPS) is 27.0. The van der Waals surface area contributed by atoms with Crippen LogP contribution in [-0.2, 0) is 11.3 Å². The van der Waals surface area contributed by atoms with Crippen molar-refractivity contribution in [3.63, 3.8) is 0 Å². The molecule has 2 saturated heterocycles. The summed E-state index contributed by atoms with van der Waals surface area (Å²) in [4.78, 5) is 4.48. The molecule has 1 aromatic rings. The number of hydrogen-bond donors (Lipinski definition) is 0. The number of aliphatic imine (C=N–C) groups is 1. The van der Waals surface area contributed by atoms with E-state index in [9.17, 15) is 0 Å². The van der Waals surface area contributed by atoms with Crippen LogP contribution < -0.4 is 4.74 Å². The van der Waals surface area contributed by atoms with E-state index in [0.29, 0.717) is 12.0 Å². The van der Waals surface area contributed by atoms with Crippen LogP contribution in [0, 0.1) is 0 Å². The summed E-state index contributed by atoms with van der Waals surface area (Å²) in [6.07, 6.45) is 8.55. The molecule has 4 nitrogen and oxygen atoms in total. The Balaban J connectivity index is 1.28. The average molecular weight is 359 g/mol. The fraction of sp³-hybridized carbons (Fsp3) is 0.650. The lowest BCUT2D eigenvalue weighted by atomic mass is 9.94. The van der Waals surface area contributed by atoms with Crippen LogP contribution in [0.25, 0.3) is 0 Å². The standard InChI is InChI=1S/C20H26N2O2S/c1-2-18(1)25-22-6-3-17(4-7-22)24-20-10-15(14-5-8-23-13-14)9-16-11-21-12-19(16)20/h9-11,14,17-18H,1-8,12-13H2. The van der Waals surface area contributed by atoms with Gasteiger partial charge in [-0.15, -0.1) is 0 Å². The lowest BCUT2D eigenvalue weighted by molar-refractivity contribution is 0.137. The van der Waals surface area contributed by atoms with Gasteiger partial charge in [-0.3, -0.25) is 9.30 Å². The molecule has 1 atom stereocenters. The van der Waals surface area contributed by atoms with Crippen molar-refractivity contribution in [2.75, 3.05) is 26.3 Å². The van der Waals surface area contributed by atoms with Gasteiger partial charge in [0.15, 0.2) is 0 Å². The first-order valence-corrected chi connectivity index (χ1v) is 10.5. The van der Waals surface area contributed by atoms with Crippen LogP contribution in [0.3, 0.4) is 0 Å². The van der Waals surface area contributed by atoms with Gasteiger partial charge in [0.2, 0.25) is 0 Å². The molecule has 3 heterocycles. The fourth-order valence-corrected chi connectivity index (χ4v) is 5.16. The molecule has 0 spiro atoms. The van der Waals surface area contributed by atoms with E-state index in [4.69, 9.17) is 9.47 Å². The molecule has 5 heteroatoms. The summed E-state index contributed by atoms with van der Waals surface area (Å²) >= 11 is 2.08. The van der Waals surface area contributed by atoms with Gasteiger partial charge in [-0.25, -0.2) is 0 Å². The third-order valence-electron chi connectivity index (χ3n) is 5.66. The summed E-state index contributed by atoms with van der Waals surface area (Å²) < 4.78 is 14.7. The summed E-state index contributed by atoms with van der Waals surface area (Å²) in [5.74, 6) is 1.59. The Labute approximate surface area is 154 Å². The maximum Gasteiger partial charge on any atom is 0.125 e. The van der Waals surface area contributed by atoms with E-state index in [0.717, 1.165) is 63.1 Å². The second-order valence-electron chi connectivity index (χ2n) is 7.67. The Bertz CT molecular complexity index is 660. The van der Waals surface area contributed by atoms with Crippen molar-refractivity contribution in [1.29, 1.82) is 0 Å². The molecule has 25 heavy (non-hydrogen) atoms. The average Bonchev–Trinajstić information content (AvgIpc) is 3.11. The number of piperidine rings is 1. The lowest BCUT2D eigenvalue weighted by Crippen LogP contribution is -2.35. The first-order chi connectivity index (χ1) is 12.3. The van der Waals surface area contributed by atoms with Crippen LogP contribution in [0.5, 0.6) is 5.75 Å². The van der Waals surface area contributed by atoms with Crippen LogP contribution in [0.15, 0.2) is 17.1 Å². The minimum Gasteiger partial charge on any atom is -0.490 e. The minimum atomic E-state index is 0.343. The zero-order chi connectivity index (χ0) is 16.6. The SMILES string of the molecule is C1=NCc2c1cc(C1CCOC1)cc2OC1CCN(SC2CC2)CC1. The molecule has 1 unspecified atom stereocenters. The quantitative estimate of drug-likeness (QED) is 0.750. The van der Waals surface area contributed by atoms with Crippen LogP contribution in [0.4, 0.5) is 0 Å². The van der Waals surface area contributed by atoms with Gasteiger partial charge in [0.1, 0.15) is 11.9 Å². The fourth-order valence-electron chi connectivity index (χ4n) is 3.97. The minimum absolute atomic E-state index is 0.343. The van der Waals surface area contributed by atoms with E-state index in [-0.39, 0.29) is 0 Å². The highest BCUT2D eigenvalue weighted by molar-refractivity contribution is 7.97. The van der Waals surface area contributed by atoms with Gasteiger partial charge >= 0.3 is 0 Å². The van der Waals surface area contributed by atoms with Gasteiger partial charge in [0.05, 0.1) is 13.2 Å². The number of fused-ring (bicyclic) bond motifs is 1. The van der Waals surface area contributed by atoms with Crippen molar-refractivity contribution >= 4 is 18.2 Å². The zero-order valence-corrected chi connectivity index (χ0v) is 15.5. The number of hydrogen-bond acceptors (Lipinski definition) is 5. The molecule has 3 aliphatic heterocycles. The summed E-state index contributed by atoms with van der Waals surface area (Å²) in [7, 11) is 0. The summed E-state index contributed by atoms with van der Waals surface area (Å²) in [5, 5.41) is 0.906.